The van der Waals surface area contributed by atoms with Gasteiger partial charge in [0.25, 0.3) is 0 Å². The summed E-state index contributed by atoms with van der Waals surface area (Å²) in [6.07, 6.45) is 2.99. The van der Waals surface area contributed by atoms with Crippen LogP contribution in [0.5, 0.6) is 0 Å². The maximum Gasteiger partial charge on any atom is 0.0853 e. The lowest BCUT2D eigenvalue weighted by Gasteiger charge is -2.19. The van der Waals surface area contributed by atoms with E-state index in [-0.39, 0.29) is 6.04 Å². The van der Waals surface area contributed by atoms with Crippen molar-refractivity contribution in [2.75, 3.05) is 6.54 Å². The number of rotatable bonds is 6. The fourth-order valence-electron chi connectivity index (χ4n) is 2.16. The van der Waals surface area contributed by atoms with Crippen molar-refractivity contribution in [2.45, 2.75) is 39.8 Å². The second-order valence-electron chi connectivity index (χ2n) is 4.69. The predicted molar refractivity (Wildman–Crippen MR) is 92.5 cm³/mol. The van der Waals surface area contributed by atoms with E-state index < -0.39 is 0 Å². The van der Waals surface area contributed by atoms with Crippen LogP contribution in [0.15, 0.2) is 20.5 Å². The molecule has 0 bridgehead atoms. The van der Waals surface area contributed by atoms with Crippen LogP contribution in [0.3, 0.4) is 0 Å². The van der Waals surface area contributed by atoms with Crippen LogP contribution in [-0.2, 0) is 6.54 Å². The van der Waals surface area contributed by atoms with Crippen LogP contribution in [0, 0.1) is 6.92 Å². The summed E-state index contributed by atoms with van der Waals surface area (Å²) in [6.45, 7) is 8.30. The van der Waals surface area contributed by atoms with Gasteiger partial charge in [-0.15, -0.1) is 11.3 Å². The lowest BCUT2D eigenvalue weighted by molar-refractivity contribution is 0.533. The molecular weight excluding hydrogens is 402 g/mol. The predicted octanol–water partition coefficient (Wildman–Crippen LogP) is 4.89. The van der Waals surface area contributed by atoms with E-state index in [0.29, 0.717) is 0 Å². The van der Waals surface area contributed by atoms with E-state index in [1.54, 1.807) is 11.3 Å². The van der Waals surface area contributed by atoms with E-state index in [2.05, 4.69) is 73.8 Å². The minimum Gasteiger partial charge on any atom is -0.304 e. The first-order chi connectivity index (χ1) is 9.58. The SMILES string of the molecule is CCCNC(c1cc(C)c(Br)s1)c1c(Br)cnn1CC. The highest BCUT2D eigenvalue weighted by Gasteiger charge is 2.23. The molecule has 0 aliphatic rings. The van der Waals surface area contributed by atoms with Crippen molar-refractivity contribution < 1.29 is 0 Å². The average molecular weight is 421 g/mol. The van der Waals surface area contributed by atoms with Gasteiger partial charge in [-0.2, -0.15) is 5.10 Å². The van der Waals surface area contributed by atoms with Gasteiger partial charge in [-0.3, -0.25) is 4.68 Å². The van der Waals surface area contributed by atoms with Crippen molar-refractivity contribution in [1.29, 1.82) is 0 Å². The number of hydrogen-bond acceptors (Lipinski definition) is 3. The summed E-state index contributed by atoms with van der Waals surface area (Å²) in [7, 11) is 0. The molecule has 6 heteroatoms. The van der Waals surface area contributed by atoms with Crippen molar-refractivity contribution in [3.63, 3.8) is 0 Å². The number of thiophene rings is 1. The molecule has 2 aromatic rings. The Balaban J connectivity index is 2.43. The Morgan fingerprint density at radius 3 is 2.70 bits per heavy atom. The molecule has 0 radical (unpaired) electrons. The zero-order chi connectivity index (χ0) is 14.7. The first-order valence-electron chi connectivity index (χ1n) is 6.78. The summed E-state index contributed by atoms with van der Waals surface area (Å²) >= 11 is 9.06. The molecule has 0 saturated carbocycles. The molecule has 2 aromatic heterocycles. The first-order valence-corrected chi connectivity index (χ1v) is 9.19. The second-order valence-corrected chi connectivity index (χ2v) is 7.94. The minimum absolute atomic E-state index is 0.182. The molecule has 3 nitrogen and oxygen atoms in total. The maximum absolute atomic E-state index is 4.44. The third-order valence-corrected chi connectivity index (χ3v) is 5.98. The summed E-state index contributed by atoms with van der Waals surface area (Å²) in [5.74, 6) is 0. The highest BCUT2D eigenvalue weighted by Crippen LogP contribution is 2.36. The van der Waals surface area contributed by atoms with E-state index in [1.807, 2.05) is 6.20 Å². The Morgan fingerprint density at radius 2 is 2.15 bits per heavy atom. The summed E-state index contributed by atoms with van der Waals surface area (Å²) in [6, 6.07) is 2.43. The van der Waals surface area contributed by atoms with Crippen molar-refractivity contribution in [2.24, 2.45) is 0 Å². The van der Waals surface area contributed by atoms with Gasteiger partial charge >= 0.3 is 0 Å². The van der Waals surface area contributed by atoms with Gasteiger partial charge < -0.3 is 5.32 Å². The van der Waals surface area contributed by atoms with E-state index >= 15 is 0 Å². The van der Waals surface area contributed by atoms with Crippen molar-refractivity contribution >= 4 is 43.2 Å². The van der Waals surface area contributed by atoms with Gasteiger partial charge in [0.15, 0.2) is 0 Å². The zero-order valence-corrected chi connectivity index (χ0v) is 15.9. The van der Waals surface area contributed by atoms with Gasteiger partial charge in [0.05, 0.1) is 26.2 Å². The highest BCUT2D eigenvalue weighted by molar-refractivity contribution is 9.11. The molecule has 110 valence electrons. The molecule has 0 spiro atoms. The molecule has 0 amide bonds. The van der Waals surface area contributed by atoms with Gasteiger partial charge in [0.2, 0.25) is 0 Å². The summed E-state index contributed by atoms with van der Waals surface area (Å²) in [5, 5.41) is 8.08. The van der Waals surface area contributed by atoms with Crippen LogP contribution in [0.2, 0.25) is 0 Å². The van der Waals surface area contributed by atoms with E-state index in [0.717, 1.165) is 24.0 Å². The molecule has 1 N–H and O–H groups in total. The molecule has 20 heavy (non-hydrogen) atoms. The number of aryl methyl sites for hydroxylation is 2. The first kappa shape index (κ1) is 16.2. The van der Waals surface area contributed by atoms with Crippen molar-refractivity contribution in [3.05, 3.63) is 36.7 Å². The Kier molecular flexibility index (Phi) is 5.84. The Labute approximate surface area is 141 Å². The molecule has 1 atom stereocenters. The molecule has 0 saturated heterocycles. The largest absolute Gasteiger partial charge is 0.304 e. The smallest absolute Gasteiger partial charge is 0.0853 e. The Bertz CT molecular complexity index is 557. The van der Waals surface area contributed by atoms with Gasteiger partial charge in [-0.05, 0) is 70.3 Å². The molecule has 0 aromatic carbocycles. The van der Waals surface area contributed by atoms with E-state index in [4.69, 9.17) is 0 Å². The number of nitrogens with zero attached hydrogens (tertiary/aromatic N) is 2. The molecule has 0 aliphatic heterocycles. The number of aromatic nitrogens is 2. The van der Waals surface area contributed by atoms with Crippen LogP contribution < -0.4 is 5.32 Å². The third kappa shape index (κ3) is 3.35. The van der Waals surface area contributed by atoms with Gasteiger partial charge in [0, 0.05) is 11.4 Å². The van der Waals surface area contributed by atoms with Crippen LogP contribution >= 0.6 is 43.2 Å². The quantitative estimate of drug-likeness (QED) is 0.720. The number of nitrogens with one attached hydrogen (secondary N) is 1. The average Bonchev–Trinajstić information content (AvgIpc) is 2.95. The third-order valence-electron chi connectivity index (χ3n) is 3.17. The van der Waals surface area contributed by atoms with Crippen LogP contribution in [0.25, 0.3) is 0 Å². The van der Waals surface area contributed by atoms with Gasteiger partial charge in [-0.25, -0.2) is 0 Å². The normalized spacial score (nSPS) is 12.8. The van der Waals surface area contributed by atoms with E-state index in [9.17, 15) is 0 Å². The van der Waals surface area contributed by atoms with Crippen molar-refractivity contribution in [1.82, 2.24) is 15.1 Å². The number of halogens is 2. The molecular formula is C14H19Br2N3S. The summed E-state index contributed by atoms with van der Waals surface area (Å²) < 4.78 is 4.32. The van der Waals surface area contributed by atoms with Gasteiger partial charge in [0.1, 0.15) is 0 Å². The summed E-state index contributed by atoms with van der Waals surface area (Å²) in [5.41, 5.74) is 2.49. The molecule has 1 unspecified atom stereocenters. The second kappa shape index (κ2) is 7.20. The topological polar surface area (TPSA) is 29.9 Å². The molecule has 0 aliphatic carbocycles. The van der Waals surface area contributed by atoms with Crippen LogP contribution in [-0.4, -0.2) is 16.3 Å². The fourth-order valence-corrected chi connectivity index (χ4v) is 4.33. The molecule has 2 heterocycles. The minimum atomic E-state index is 0.182. The van der Waals surface area contributed by atoms with E-state index in [1.165, 1.54) is 19.9 Å². The Hall–Kier alpha value is -0.170. The van der Waals surface area contributed by atoms with Gasteiger partial charge in [-0.1, -0.05) is 6.92 Å². The maximum atomic E-state index is 4.44. The fraction of sp³-hybridized carbons (Fsp3) is 0.500. The van der Waals surface area contributed by atoms with Crippen LogP contribution in [0.1, 0.15) is 42.4 Å². The monoisotopic (exact) mass is 419 g/mol. The summed E-state index contributed by atoms with van der Waals surface area (Å²) in [4.78, 5) is 1.32. The van der Waals surface area contributed by atoms with Crippen molar-refractivity contribution in [3.8, 4) is 0 Å². The lowest BCUT2D eigenvalue weighted by Crippen LogP contribution is -2.25. The Morgan fingerprint density at radius 1 is 1.40 bits per heavy atom. The molecule has 0 fully saturated rings. The zero-order valence-electron chi connectivity index (χ0n) is 11.9. The highest BCUT2D eigenvalue weighted by atomic mass is 79.9. The molecule has 2 rings (SSSR count). The lowest BCUT2D eigenvalue weighted by atomic mass is 10.1. The standard InChI is InChI=1S/C14H19Br2N3S/c1-4-6-17-12(11-7-9(3)14(16)20-11)13-10(15)8-18-19(13)5-2/h7-8,12,17H,4-6H2,1-3H3. The number of hydrogen-bond donors (Lipinski definition) is 1. The van der Waals surface area contributed by atoms with Crippen LogP contribution in [0.4, 0.5) is 0 Å².